The summed E-state index contributed by atoms with van der Waals surface area (Å²) in [6, 6.07) is 0. The first-order chi connectivity index (χ1) is 7.21. The Morgan fingerprint density at radius 3 is 2.12 bits per heavy atom. The molecule has 0 aliphatic heterocycles. The average Bonchev–Trinajstić information content (AvgIpc) is 2.13. The Balaban J connectivity index is 3.43. The lowest BCUT2D eigenvalue weighted by atomic mass is 9.87. The van der Waals surface area contributed by atoms with Crippen molar-refractivity contribution in [2.75, 3.05) is 0 Å². The van der Waals surface area contributed by atoms with Crippen molar-refractivity contribution >= 4 is 58.3 Å². The summed E-state index contributed by atoms with van der Waals surface area (Å²) in [5.74, 6) is -4.74. The second-order valence-electron chi connectivity index (χ2n) is 3.00. The summed E-state index contributed by atoms with van der Waals surface area (Å²) < 4.78 is 0. The molecule has 4 nitrogen and oxygen atoms in total. The summed E-state index contributed by atoms with van der Waals surface area (Å²) in [5, 5.41) is 17.0. The zero-order chi connectivity index (χ0) is 12.7. The topological polar surface area (TPSA) is 74.6 Å². The first-order valence-corrected chi connectivity index (χ1v) is 5.32. The van der Waals surface area contributed by atoms with Crippen LogP contribution in [0.2, 0.25) is 0 Å². The maximum atomic E-state index is 11.0. The van der Waals surface area contributed by atoms with Gasteiger partial charge in [0.2, 0.25) is 0 Å². The SMILES string of the molecule is O=C(O)C1C(Cl)=C(Cl)C(Cl)=CC1(Cl)C(=O)O. The van der Waals surface area contributed by atoms with Gasteiger partial charge in [0, 0.05) is 0 Å². The van der Waals surface area contributed by atoms with Gasteiger partial charge in [-0.2, -0.15) is 0 Å². The molecule has 0 spiro atoms. The highest BCUT2D eigenvalue weighted by Crippen LogP contribution is 2.45. The molecule has 2 N–H and O–H groups in total. The molecule has 0 aromatic carbocycles. The summed E-state index contributed by atoms with van der Waals surface area (Å²) in [5.41, 5.74) is 0. The number of carboxylic acids is 2. The van der Waals surface area contributed by atoms with E-state index < -0.39 is 27.8 Å². The number of rotatable bonds is 2. The van der Waals surface area contributed by atoms with Crippen LogP contribution in [-0.4, -0.2) is 27.0 Å². The van der Waals surface area contributed by atoms with Crippen molar-refractivity contribution in [2.45, 2.75) is 4.87 Å². The predicted molar refractivity (Wildman–Crippen MR) is 60.0 cm³/mol. The van der Waals surface area contributed by atoms with Gasteiger partial charge in [-0.25, -0.2) is 4.79 Å². The van der Waals surface area contributed by atoms with Gasteiger partial charge in [0.25, 0.3) is 0 Å². The number of aliphatic carboxylic acids is 2. The van der Waals surface area contributed by atoms with E-state index in [-0.39, 0.29) is 10.1 Å². The monoisotopic (exact) mass is 304 g/mol. The molecule has 1 aliphatic carbocycles. The number of allylic oxidation sites excluding steroid dienone is 2. The highest BCUT2D eigenvalue weighted by Gasteiger charge is 2.52. The van der Waals surface area contributed by atoms with Crippen LogP contribution in [-0.2, 0) is 9.59 Å². The third kappa shape index (κ3) is 2.02. The van der Waals surface area contributed by atoms with Gasteiger partial charge in [-0.3, -0.25) is 4.79 Å². The van der Waals surface area contributed by atoms with E-state index in [9.17, 15) is 9.59 Å². The fourth-order valence-electron chi connectivity index (χ4n) is 1.23. The first-order valence-electron chi connectivity index (χ1n) is 3.80. The number of carboxylic acid groups (broad SMARTS) is 2. The molecule has 0 radical (unpaired) electrons. The van der Waals surface area contributed by atoms with Crippen molar-refractivity contribution in [1.29, 1.82) is 0 Å². The van der Waals surface area contributed by atoms with Crippen molar-refractivity contribution in [3.63, 3.8) is 0 Å². The zero-order valence-electron chi connectivity index (χ0n) is 7.38. The summed E-state index contributed by atoms with van der Waals surface area (Å²) in [6.07, 6.45) is 0.853. The van der Waals surface area contributed by atoms with Crippen molar-refractivity contribution in [2.24, 2.45) is 5.92 Å². The largest absolute Gasteiger partial charge is 0.481 e. The van der Waals surface area contributed by atoms with Crippen LogP contribution in [0.25, 0.3) is 0 Å². The second-order valence-corrected chi connectivity index (χ2v) is 4.82. The van der Waals surface area contributed by atoms with Gasteiger partial charge >= 0.3 is 11.9 Å². The lowest BCUT2D eigenvalue weighted by Gasteiger charge is -2.29. The lowest BCUT2D eigenvalue weighted by molar-refractivity contribution is -0.148. The molecule has 8 heteroatoms. The van der Waals surface area contributed by atoms with Gasteiger partial charge < -0.3 is 10.2 Å². The fraction of sp³-hybridized carbons (Fsp3) is 0.250. The van der Waals surface area contributed by atoms with Crippen LogP contribution in [0.1, 0.15) is 0 Å². The van der Waals surface area contributed by atoms with Crippen molar-refractivity contribution in [1.82, 2.24) is 0 Å². The molecule has 1 rings (SSSR count). The van der Waals surface area contributed by atoms with E-state index in [1.54, 1.807) is 0 Å². The average molecular weight is 306 g/mol. The Morgan fingerprint density at radius 2 is 1.75 bits per heavy atom. The smallest absolute Gasteiger partial charge is 0.330 e. The van der Waals surface area contributed by atoms with Gasteiger partial charge in [0.15, 0.2) is 4.87 Å². The van der Waals surface area contributed by atoms with Crippen LogP contribution < -0.4 is 0 Å². The van der Waals surface area contributed by atoms with Gasteiger partial charge in [0.1, 0.15) is 5.92 Å². The molecule has 0 amide bonds. The van der Waals surface area contributed by atoms with E-state index in [0.29, 0.717) is 0 Å². The van der Waals surface area contributed by atoms with Crippen LogP contribution in [0, 0.1) is 5.92 Å². The number of hydrogen-bond acceptors (Lipinski definition) is 2. The zero-order valence-corrected chi connectivity index (χ0v) is 10.4. The fourth-order valence-corrected chi connectivity index (χ4v) is 2.51. The molecule has 1 aliphatic rings. The van der Waals surface area contributed by atoms with E-state index in [0.717, 1.165) is 6.08 Å². The number of alkyl halides is 1. The molecule has 16 heavy (non-hydrogen) atoms. The lowest BCUT2D eigenvalue weighted by Crippen LogP contribution is -2.45. The molecule has 0 aromatic heterocycles. The van der Waals surface area contributed by atoms with Crippen LogP contribution in [0.4, 0.5) is 0 Å². The van der Waals surface area contributed by atoms with Crippen molar-refractivity contribution in [3.8, 4) is 0 Å². The second kappa shape index (κ2) is 4.45. The van der Waals surface area contributed by atoms with Gasteiger partial charge in [-0.15, -0.1) is 11.6 Å². The summed E-state index contributed by atoms with van der Waals surface area (Å²) in [6.45, 7) is 0. The van der Waals surface area contributed by atoms with Crippen LogP contribution in [0.3, 0.4) is 0 Å². The molecular weight excluding hydrogens is 302 g/mol. The van der Waals surface area contributed by atoms with Crippen LogP contribution in [0.15, 0.2) is 21.2 Å². The summed E-state index contributed by atoms with van der Waals surface area (Å²) in [4.78, 5) is 19.7. The number of hydrogen-bond donors (Lipinski definition) is 2. The number of carbonyl (C=O) groups is 2. The first kappa shape index (κ1) is 13.6. The highest BCUT2D eigenvalue weighted by molar-refractivity contribution is 6.51. The predicted octanol–water partition coefficient (Wildman–Crippen LogP) is 2.57. The van der Waals surface area contributed by atoms with Crippen molar-refractivity contribution in [3.05, 3.63) is 21.2 Å². The highest BCUT2D eigenvalue weighted by atomic mass is 35.5. The molecule has 0 heterocycles. The van der Waals surface area contributed by atoms with Crippen LogP contribution >= 0.6 is 46.4 Å². The van der Waals surface area contributed by atoms with E-state index in [1.165, 1.54) is 0 Å². The Hall–Kier alpha value is -0.420. The molecule has 88 valence electrons. The van der Waals surface area contributed by atoms with E-state index >= 15 is 0 Å². The Bertz CT molecular complexity index is 428. The van der Waals surface area contributed by atoms with E-state index in [2.05, 4.69) is 0 Å². The standard InChI is InChI=1S/C8H4Cl4O4/c9-2-1-8(12,7(15)16)3(6(13)14)5(11)4(2)10/h1,3H,(H,13,14)(H,15,16). The van der Waals surface area contributed by atoms with E-state index in [1.807, 2.05) is 0 Å². The van der Waals surface area contributed by atoms with Gasteiger partial charge in [-0.1, -0.05) is 34.8 Å². The quantitative estimate of drug-likeness (QED) is 0.769. The maximum absolute atomic E-state index is 11.0. The van der Waals surface area contributed by atoms with Gasteiger partial charge in [-0.05, 0) is 6.08 Å². The summed E-state index contributed by atoms with van der Waals surface area (Å²) in [7, 11) is 0. The number of halogens is 4. The minimum absolute atomic E-state index is 0.193. The Labute approximate surface area is 110 Å². The molecular formula is C8H4Cl4O4. The molecule has 0 bridgehead atoms. The molecule has 0 fully saturated rings. The molecule has 0 saturated carbocycles. The minimum Gasteiger partial charge on any atom is -0.481 e. The van der Waals surface area contributed by atoms with E-state index in [4.69, 9.17) is 56.6 Å². The van der Waals surface area contributed by atoms with Gasteiger partial charge in [0.05, 0.1) is 15.1 Å². The maximum Gasteiger partial charge on any atom is 0.330 e. The Morgan fingerprint density at radius 1 is 1.25 bits per heavy atom. The summed E-state index contributed by atoms with van der Waals surface area (Å²) >= 11 is 22.6. The molecule has 0 aromatic rings. The third-order valence-corrected chi connectivity index (χ3v) is 3.80. The minimum atomic E-state index is -2.24. The molecule has 0 saturated heterocycles. The molecule has 2 unspecified atom stereocenters. The Kier molecular flexibility index (Phi) is 3.80. The normalized spacial score (nSPS) is 30.0. The molecule has 2 atom stereocenters. The van der Waals surface area contributed by atoms with Crippen molar-refractivity contribution < 1.29 is 19.8 Å². The van der Waals surface area contributed by atoms with Crippen LogP contribution in [0.5, 0.6) is 0 Å². The third-order valence-electron chi connectivity index (χ3n) is 2.00.